The molecule has 0 bridgehead atoms. The highest BCUT2D eigenvalue weighted by atomic mass is 32.1. The average molecular weight is 396 g/mol. The van der Waals surface area contributed by atoms with Gasteiger partial charge in [0.2, 0.25) is 11.5 Å². The molecule has 1 aliphatic heterocycles. The van der Waals surface area contributed by atoms with Crippen molar-refractivity contribution in [1.29, 1.82) is 0 Å². The van der Waals surface area contributed by atoms with Crippen LogP contribution in [0.3, 0.4) is 0 Å². The molecule has 2 heterocycles. The minimum Gasteiger partial charge on any atom is -0.481 e. The molecule has 146 valence electrons. The summed E-state index contributed by atoms with van der Waals surface area (Å²) in [5.74, 6) is -2.28. The summed E-state index contributed by atoms with van der Waals surface area (Å²) in [6.07, 6.45) is -6.55. The number of nitrogens with one attached hydrogen (secondary N) is 1. The van der Waals surface area contributed by atoms with E-state index in [0.717, 1.165) is 0 Å². The van der Waals surface area contributed by atoms with Gasteiger partial charge in [0.05, 0.1) is 18.4 Å². The van der Waals surface area contributed by atoms with E-state index in [1.54, 1.807) is 0 Å². The molecule has 0 radical (unpaired) electrons. The van der Waals surface area contributed by atoms with Gasteiger partial charge in [-0.05, 0) is 19.8 Å². The van der Waals surface area contributed by atoms with Crippen LogP contribution in [0.4, 0.5) is 13.2 Å². The Labute approximate surface area is 151 Å². The van der Waals surface area contributed by atoms with E-state index in [1.165, 1.54) is 12.3 Å². The van der Waals surface area contributed by atoms with Gasteiger partial charge in [-0.1, -0.05) is 0 Å². The molecule has 3 N–H and O–H groups in total. The third kappa shape index (κ3) is 4.51. The van der Waals surface area contributed by atoms with Crippen LogP contribution in [-0.2, 0) is 19.9 Å². The molecule has 0 saturated carbocycles. The first-order chi connectivity index (χ1) is 12.0. The molecular formula is C15H19F3N2O5S. The largest absolute Gasteiger partial charge is 0.481 e. The molecule has 1 aromatic rings. The van der Waals surface area contributed by atoms with Crippen LogP contribution < -0.4 is 5.32 Å². The molecular weight excluding hydrogens is 377 g/mol. The number of aliphatic hydroxyl groups is 1. The van der Waals surface area contributed by atoms with E-state index in [2.05, 4.69) is 10.3 Å². The summed E-state index contributed by atoms with van der Waals surface area (Å²) in [4.78, 5) is 27.1. The number of aromatic nitrogens is 1. The summed E-state index contributed by atoms with van der Waals surface area (Å²) in [6.45, 7) is 1.84. The van der Waals surface area contributed by atoms with E-state index in [1.807, 2.05) is 0 Å². The van der Waals surface area contributed by atoms with Gasteiger partial charge in [-0.25, -0.2) is 4.98 Å². The highest BCUT2D eigenvalue weighted by molar-refractivity contribution is 7.09. The number of aryl methyl sites for hydroxylation is 1. The number of thiazole rings is 1. The average Bonchev–Trinajstić information content (AvgIpc) is 2.92. The van der Waals surface area contributed by atoms with Crippen molar-refractivity contribution in [2.24, 2.45) is 0 Å². The van der Waals surface area contributed by atoms with Crippen LogP contribution in [0, 0.1) is 6.92 Å². The molecule has 26 heavy (non-hydrogen) atoms. The Hall–Kier alpha value is -1.72. The number of hydrogen-bond acceptors (Lipinski definition) is 6. The molecule has 0 spiro atoms. The van der Waals surface area contributed by atoms with E-state index in [-0.39, 0.29) is 26.1 Å². The van der Waals surface area contributed by atoms with Gasteiger partial charge < -0.3 is 20.3 Å². The van der Waals surface area contributed by atoms with Crippen molar-refractivity contribution in [2.75, 3.05) is 13.2 Å². The number of carbonyl (C=O) groups is 2. The summed E-state index contributed by atoms with van der Waals surface area (Å²) < 4.78 is 45.5. The van der Waals surface area contributed by atoms with Crippen molar-refractivity contribution in [3.05, 3.63) is 16.1 Å². The van der Waals surface area contributed by atoms with Crippen molar-refractivity contribution in [1.82, 2.24) is 10.3 Å². The maximum absolute atomic E-state index is 13.5. The minimum absolute atomic E-state index is 0.159. The molecule has 1 amide bonds. The van der Waals surface area contributed by atoms with E-state index < -0.39 is 47.0 Å². The van der Waals surface area contributed by atoms with E-state index in [9.17, 15) is 27.9 Å². The first kappa shape index (κ1) is 20.6. The molecule has 1 aromatic heterocycles. The number of carboxylic acid groups (broad SMARTS) is 1. The van der Waals surface area contributed by atoms with Crippen LogP contribution in [0.25, 0.3) is 0 Å². The Bertz CT molecular complexity index is 672. The number of carbonyl (C=O) groups excluding carboxylic acids is 1. The van der Waals surface area contributed by atoms with Gasteiger partial charge >= 0.3 is 12.1 Å². The van der Waals surface area contributed by atoms with Crippen molar-refractivity contribution in [3.8, 4) is 0 Å². The lowest BCUT2D eigenvalue weighted by Crippen LogP contribution is -2.55. The Morgan fingerprint density at radius 1 is 1.38 bits per heavy atom. The third-order valence-electron chi connectivity index (χ3n) is 4.20. The standard InChI is InChI=1S/C15H19F3N2O5S/c1-9-8-26-12(19-9)14(24,15(16,17)18)6-10(21)20-13(7-11(22)23)2-4-25-5-3-13/h8,24H,2-7H2,1H3,(H,20,21)(H,22,23). The minimum atomic E-state index is -5.12. The maximum atomic E-state index is 13.5. The zero-order chi connectivity index (χ0) is 19.6. The van der Waals surface area contributed by atoms with E-state index in [4.69, 9.17) is 9.84 Å². The summed E-state index contributed by atoms with van der Waals surface area (Å²) in [5, 5.41) is 22.4. The smallest absolute Gasteiger partial charge is 0.424 e. The van der Waals surface area contributed by atoms with Crippen LogP contribution in [0.5, 0.6) is 0 Å². The topological polar surface area (TPSA) is 109 Å². The van der Waals surface area contributed by atoms with Crippen LogP contribution in [0.15, 0.2) is 5.38 Å². The first-order valence-corrected chi connectivity index (χ1v) is 8.68. The van der Waals surface area contributed by atoms with Crippen molar-refractivity contribution >= 4 is 23.2 Å². The number of hydrogen-bond donors (Lipinski definition) is 3. The zero-order valence-electron chi connectivity index (χ0n) is 13.9. The van der Waals surface area contributed by atoms with Gasteiger partial charge in [0.25, 0.3) is 0 Å². The molecule has 0 aliphatic carbocycles. The number of carboxylic acids is 1. The van der Waals surface area contributed by atoms with Crippen LogP contribution >= 0.6 is 11.3 Å². The molecule has 1 saturated heterocycles. The zero-order valence-corrected chi connectivity index (χ0v) is 14.7. The van der Waals surface area contributed by atoms with Crippen molar-refractivity contribution in [2.45, 2.75) is 49.9 Å². The number of aliphatic carboxylic acids is 1. The Morgan fingerprint density at radius 3 is 2.46 bits per heavy atom. The Balaban J connectivity index is 2.22. The van der Waals surface area contributed by atoms with Gasteiger partial charge in [-0.2, -0.15) is 13.2 Å². The number of amides is 1. The van der Waals surface area contributed by atoms with Gasteiger partial charge in [0.1, 0.15) is 5.01 Å². The molecule has 0 aromatic carbocycles. The SMILES string of the molecule is Cc1csc(C(O)(CC(=O)NC2(CC(=O)O)CCOCC2)C(F)(F)F)n1. The van der Waals surface area contributed by atoms with Gasteiger partial charge in [-0.15, -0.1) is 11.3 Å². The number of alkyl halides is 3. The molecule has 11 heteroatoms. The van der Waals surface area contributed by atoms with Crippen molar-refractivity contribution < 1.29 is 37.7 Å². The summed E-state index contributed by atoms with van der Waals surface area (Å²) in [7, 11) is 0. The maximum Gasteiger partial charge on any atom is 0.424 e. The van der Waals surface area contributed by atoms with Crippen LogP contribution in [-0.4, -0.2) is 52.0 Å². The summed E-state index contributed by atoms with van der Waals surface area (Å²) >= 11 is 0.606. The van der Waals surface area contributed by atoms with Gasteiger partial charge in [-0.3, -0.25) is 9.59 Å². The summed E-state index contributed by atoms with van der Waals surface area (Å²) in [6, 6.07) is 0. The predicted molar refractivity (Wildman–Crippen MR) is 84.6 cm³/mol. The fraction of sp³-hybridized carbons (Fsp3) is 0.667. The van der Waals surface area contributed by atoms with Gasteiger partial charge in [0.15, 0.2) is 0 Å². The number of rotatable bonds is 6. The fourth-order valence-corrected chi connectivity index (χ4v) is 3.73. The third-order valence-corrected chi connectivity index (χ3v) is 5.31. The molecule has 7 nitrogen and oxygen atoms in total. The molecule has 1 fully saturated rings. The van der Waals surface area contributed by atoms with Crippen LogP contribution in [0.2, 0.25) is 0 Å². The van der Waals surface area contributed by atoms with Crippen LogP contribution in [0.1, 0.15) is 36.4 Å². The van der Waals surface area contributed by atoms with Crippen molar-refractivity contribution in [3.63, 3.8) is 0 Å². The second-order valence-corrected chi connectivity index (χ2v) is 7.20. The Morgan fingerprint density at radius 2 is 2.00 bits per heavy atom. The van der Waals surface area contributed by atoms with E-state index in [0.29, 0.717) is 17.0 Å². The fourth-order valence-electron chi connectivity index (χ4n) is 2.81. The van der Waals surface area contributed by atoms with E-state index >= 15 is 0 Å². The Kier molecular flexibility index (Phi) is 5.93. The predicted octanol–water partition coefficient (Wildman–Crippen LogP) is 1.73. The second kappa shape index (κ2) is 7.49. The molecule has 1 atom stereocenters. The number of ether oxygens (including phenoxy) is 1. The normalized spacial score (nSPS) is 19.6. The highest BCUT2D eigenvalue weighted by Crippen LogP contribution is 2.43. The lowest BCUT2D eigenvalue weighted by molar-refractivity contribution is -0.267. The second-order valence-electron chi connectivity index (χ2n) is 6.34. The lowest BCUT2D eigenvalue weighted by Gasteiger charge is -2.38. The molecule has 2 rings (SSSR count). The lowest BCUT2D eigenvalue weighted by atomic mass is 9.86. The number of nitrogens with zero attached hydrogens (tertiary/aromatic N) is 1. The quantitative estimate of drug-likeness (QED) is 0.676. The molecule has 1 unspecified atom stereocenters. The summed E-state index contributed by atoms with van der Waals surface area (Å²) in [5.41, 5.74) is -4.35. The monoisotopic (exact) mass is 396 g/mol. The van der Waals surface area contributed by atoms with Gasteiger partial charge in [0, 0.05) is 24.3 Å². The first-order valence-electron chi connectivity index (χ1n) is 7.80. The molecule has 1 aliphatic rings. The number of halogens is 3. The highest BCUT2D eigenvalue weighted by Gasteiger charge is 2.58.